The molecule has 0 bridgehead atoms. The van der Waals surface area contributed by atoms with Crippen molar-refractivity contribution in [3.8, 4) is 22.8 Å². The molecule has 10 heteroatoms. The first-order chi connectivity index (χ1) is 15.5. The molecule has 2 aromatic carbocycles. The lowest BCUT2D eigenvalue weighted by Gasteiger charge is -2.11. The number of benzene rings is 2. The first kappa shape index (κ1) is 19.9. The smallest absolute Gasteiger partial charge is 0.336 e. The SMILES string of the molecule is COc1cccc(-n2c(=O)c3sccc3n(Cc3nc(-c4ccc(F)cc4)no3)c2=O)c1. The van der Waals surface area contributed by atoms with Crippen LogP contribution in [0.3, 0.4) is 0 Å². The van der Waals surface area contributed by atoms with E-state index in [1.54, 1.807) is 35.7 Å². The van der Waals surface area contributed by atoms with E-state index in [0.29, 0.717) is 27.2 Å². The van der Waals surface area contributed by atoms with Gasteiger partial charge in [-0.25, -0.2) is 13.8 Å². The number of ether oxygens (including phenoxy) is 1. The van der Waals surface area contributed by atoms with Gasteiger partial charge in [-0.3, -0.25) is 9.36 Å². The lowest BCUT2D eigenvalue weighted by Crippen LogP contribution is -2.38. The van der Waals surface area contributed by atoms with Crippen molar-refractivity contribution in [2.75, 3.05) is 7.11 Å². The fraction of sp³-hybridized carbons (Fsp3) is 0.0909. The number of hydrogen-bond donors (Lipinski definition) is 0. The molecule has 0 unspecified atom stereocenters. The quantitative estimate of drug-likeness (QED) is 0.407. The highest BCUT2D eigenvalue weighted by Crippen LogP contribution is 2.20. The molecule has 0 radical (unpaired) electrons. The summed E-state index contributed by atoms with van der Waals surface area (Å²) in [4.78, 5) is 30.8. The molecule has 5 aromatic rings. The van der Waals surface area contributed by atoms with Gasteiger partial charge in [-0.1, -0.05) is 11.2 Å². The third-order valence-electron chi connectivity index (χ3n) is 4.93. The molecule has 8 nitrogen and oxygen atoms in total. The lowest BCUT2D eigenvalue weighted by atomic mass is 10.2. The Balaban J connectivity index is 1.62. The van der Waals surface area contributed by atoms with Crippen LogP contribution in [0.5, 0.6) is 5.75 Å². The minimum atomic E-state index is -0.546. The Morgan fingerprint density at radius 2 is 1.94 bits per heavy atom. The Hall–Kier alpha value is -4.05. The maximum Gasteiger partial charge on any atom is 0.336 e. The molecule has 3 heterocycles. The molecule has 0 saturated heterocycles. The first-order valence-corrected chi connectivity index (χ1v) is 10.4. The molecular weight excluding hydrogens is 435 g/mol. The van der Waals surface area contributed by atoms with E-state index in [1.165, 1.54) is 47.3 Å². The van der Waals surface area contributed by atoms with Crippen LogP contribution in [0.25, 0.3) is 27.3 Å². The summed E-state index contributed by atoms with van der Waals surface area (Å²) in [7, 11) is 1.51. The number of rotatable bonds is 5. The van der Waals surface area contributed by atoms with E-state index in [-0.39, 0.29) is 24.1 Å². The van der Waals surface area contributed by atoms with Crippen LogP contribution in [-0.2, 0) is 6.54 Å². The number of halogens is 1. The fourth-order valence-corrected chi connectivity index (χ4v) is 4.21. The standard InChI is InChI=1S/C22H15FN4O4S/c1-30-16-4-2-3-15(11-16)27-21(28)19-17(9-10-32-19)26(22(27)29)12-18-24-20(25-31-18)13-5-7-14(23)8-6-13/h2-11H,12H2,1H3. The van der Waals surface area contributed by atoms with Crippen molar-refractivity contribution in [3.05, 3.63) is 92.5 Å². The average molecular weight is 450 g/mol. The van der Waals surface area contributed by atoms with Crippen molar-refractivity contribution < 1.29 is 13.7 Å². The summed E-state index contributed by atoms with van der Waals surface area (Å²) < 4.78 is 26.7. The maximum absolute atomic E-state index is 13.4. The predicted molar refractivity (Wildman–Crippen MR) is 117 cm³/mol. The molecule has 0 atom stereocenters. The van der Waals surface area contributed by atoms with Crippen LogP contribution in [0, 0.1) is 5.82 Å². The van der Waals surface area contributed by atoms with E-state index < -0.39 is 11.2 Å². The minimum Gasteiger partial charge on any atom is -0.497 e. The molecule has 3 aromatic heterocycles. The van der Waals surface area contributed by atoms with Crippen LogP contribution < -0.4 is 16.0 Å². The number of thiophene rings is 1. The van der Waals surface area contributed by atoms with Crippen molar-refractivity contribution in [1.82, 2.24) is 19.3 Å². The van der Waals surface area contributed by atoms with Crippen LogP contribution in [0.1, 0.15) is 5.89 Å². The Morgan fingerprint density at radius 1 is 1.12 bits per heavy atom. The summed E-state index contributed by atoms with van der Waals surface area (Å²) in [5, 5.41) is 5.67. The highest BCUT2D eigenvalue weighted by molar-refractivity contribution is 7.17. The van der Waals surface area contributed by atoms with Gasteiger partial charge in [0, 0.05) is 11.6 Å². The van der Waals surface area contributed by atoms with Crippen molar-refractivity contribution in [3.63, 3.8) is 0 Å². The second kappa shape index (κ2) is 7.89. The first-order valence-electron chi connectivity index (χ1n) is 9.51. The zero-order valence-electron chi connectivity index (χ0n) is 16.7. The molecular formula is C22H15FN4O4S. The molecule has 5 rings (SSSR count). The second-order valence-corrected chi connectivity index (χ2v) is 7.78. The maximum atomic E-state index is 13.4. The third kappa shape index (κ3) is 3.40. The number of hydrogen-bond acceptors (Lipinski definition) is 7. The van der Waals surface area contributed by atoms with E-state index in [0.717, 1.165) is 4.57 Å². The van der Waals surface area contributed by atoms with Crippen LogP contribution in [0.4, 0.5) is 4.39 Å². The van der Waals surface area contributed by atoms with Crippen LogP contribution in [0.2, 0.25) is 0 Å². The molecule has 0 saturated carbocycles. The number of methoxy groups -OCH3 is 1. The lowest BCUT2D eigenvalue weighted by molar-refractivity contribution is 0.370. The molecule has 32 heavy (non-hydrogen) atoms. The molecule has 0 amide bonds. The van der Waals surface area contributed by atoms with E-state index >= 15 is 0 Å². The molecule has 0 spiro atoms. The topological polar surface area (TPSA) is 92.2 Å². The molecule has 0 N–H and O–H groups in total. The third-order valence-corrected chi connectivity index (χ3v) is 5.82. The Labute approximate surface area is 183 Å². The Bertz CT molecular complexity index is 1550. The van der Waals surface area contributed by atoms with E-state index in [9.17, 15) is 14.0 Å². The zero-order valence-corrected chi connectivity index (χ0v) is 17.5. The van der Waals surface area contributed by atoms with Gasteiger partial charge in [-0.2, -0.15) is 4.98 Å². The molecule has 0 aliphatic rings. The van der Waals surface area contributed by atoms with E-state index in [2.05, 4.69) is 10.1 Å². The average Bonchev–Trinajstić information content (AvgIpc) is 3.47. The highest BCUT2D eigenvalue weighted by atomic mass is 32.1. The molecule has 160 valence electrons. The van der Waals surface area contributed by atoms with Crippen LogP contribution >= 0.6 is 11.3 Å². The fourth-order valence-electron chi connectivity index (χ4n) is 3.39. The van der Waals surface area contributed by atoms with Gasteiger partial charge in [0.2, 0.25) is 11.7 Å². The van der Waals surface area contributed by atoms with E-state index in [1.807, 2.05) is 0 Å². The predicted octanol–water partition coefficient (Wildman–Crippen LogP) is 3.46. The Kier molecular flexibility index (Phi) is 4.91. The van der Waals surface area contributed by atoms with Gasteiger partial charge >= 0.3 is 5.69 Å². The molecule has 0 fully saturated rings. The van der Waals surface area contributed by atoms with Gasteiger partial charge in [0.1, 0.15) is 22.8 Å². The summed E-state index contributed by atoms with van der Waals surface area (Å²) in [5.74, 6) is 0.599. The van der Waals surface area contributed by atoms with Gasteiger partial charge in [-0.05, 0) is 47.8 Å². The summed E-state index contributed by atoms with van der Waals surface area (Å²) in [5.41, 5.74) is 0.486. The number of nitrogens with zero attached hydrogens (tertiary/aromatic N) is 4. The second-order valence-electron chi connectivity index (χ2n) is 6.86. The monoisotopic (exact) mass is 450 g/mol. The summed E-state index contributed by atoms with van der Waals surface area (Å²) in [6, 6.07) is 14.1. The zero-order chi connectivity index (χ0) is 22.2. The summed E-state index contributed by atoms with van der Waals surface area (Å²) in [6.07, 6.45) is 0. The van der Waals surface area contributed by atoms with Crippen molar-refractivity contribution >= 4 is 21.6 Å². The Morgan fingerprint density at radius 3 is 2.72 bits per heavy atom. The molecule has 0 aliphatic carbocycles. The van der Waals surface area contributed by atoms with Crippen molar-refractivity contribution in [1.29, 1.82) is 0 Å². The van der Waals surface area contributed by atoms with Crippen LogP contribution in [-0.4, -0.2) is 26.4 Å². The molecule has 0 aliphatic heterocycles. The number of fused-ring (bicyclic) bond motifs is 1. The van der Waals surface area contributed by atoms with Gasteiger partial charge in [0.25, 0.3) is 5.56 Å². The van der Waals surface area contributed by atoms with Gasteiger partial charge in [0.05, 0.1) is 18.3 Å². The van der Waals surface area contributed by atoms with Gasteiger partial charge in [-0.15, -0.1) is 11.3 Å². The van der Waals surface area contributed by atoms with Crippen molar-refractivity contribution in [2.24, 2.45) is 0 Å². The van der Waals surface area contributed by atoms with Gasteiger partial charge in [0.15, 0.2) is 0 Å². The number of aromatic nitrogens is 4. The normalized spacial score (nSPS) is 11.2. The van der Waals surface area contributed by atoms with Crippen LogP contribution in [0.15, 0.2) is 74.1 Å². The highest BCUT2D eigenvalue weighted by Gasteiger charge is 2.18. The van der Waals surface area contributed by atoms with Crippen molar-refractivity contribution in [2.45, 2.75) is 6.54 Å². The van der Waals surface area contributed by atoms with E-state index in [4.69, 9.17) is 9.26 Å². The summed E-state index contributed by atoms with van der Waals surface area (Å²) in [6.45, 7) is -0.0372. The summed E-state index contributed by atoms with van der Waals surface area (Å²) >= 11 is 1.24. The van der Waals surface area contributed by atoms with Gasteiger partial charge < -0.3 is 9.26 Å². The minimum absolute atomic E-state index is 0.0372. The largest absolute Gasteiger partial charge is 0.497 e.